The van der Waals surface area contributed by atoms with E-state index in [0.717, 1.165) is 34.4 Å². The molecule has 17 nitrogen and oxygen atoms in total. The fourth-order valence-corrected chi connectivity index (χ4v) is 16.8. The number of likely N-dealkylation sites (N-methyl/N-ethyl adjacent to an activating group) is 1. The lowest BCUT2D eigenvalue weighted by molar-refractivity contribution is -0.126. The molecule has 0 bridgehead atoms. The minimum atomic E-state index is -3.69. The molecule has 0 aromatic rings. The maximum Gasteiger partial charge on any atom is 0.529 e. The predicted octanol–water partition coefficient (Wildman–Crippen LogP) is 10.3. The number of halogens is 1. The summed E-state index contributed by atoms with van der Waals surface area (Å²) in [4.78, 5) is 36.0. The van der Waals surface area contributed by atoms with Crippen LogP contribution in [-0.4, -0.2) is 144 Å². The summed E-state index contributed by atoms with van der Waals surface area (Å²) in [6.45, 7) is 15.7. The molecule has 0 aromatic carbocycles. The highest BCUT2D eigenvalue weighted by Crippen LogP contribution is 2.61. The lowest BCUT2D eigenvalue weighted by Gasteiger charge is -2.20. The third kappa shape index (κ3) is 35.6. The zero-order chi connectivity index (χ0) is 49.0. The molecule has 0 heterocycles. The number of nitrogens with one attached hydrogen (secondary N) is 2. The molecule has 372 valence electrons. The molecular weight excluding hydrogens is 1050 g/mol. The zero-order valence-corrected chi connectivity index (χ0v) is 49.0. The first-order chi connectivity index (χ1) is 28.9. The van der Waals surface area contributed by atoms with Gasteiger partial charge in [-0.25, -0.2) is 9.13 Å². The van der Waals surface area contributed by atoms with Crippen LogP contribution < -0.4 is 10.6 Å². The number of amides is 3. The van der Waals surface area contributed by atoms with Crippen molar-refractivity contribution in [3.05, 3.63) is 10.8 Å². The Hall–Kier alpha value is 1.43. The molecule has 1 atom stereocenters. The molecule has 0 radical (unpaired) electrons. The van der Waals surface area contributed by atoms with E-state index in [2.05, 4.69) is 26.6 Å². The van der Waals surface area contributed by atoms with Gasteiger partial charge in [-0.15, -0.1) is 11.8 Å². The van der Waals surface area contributed by atoms with Gasteiger partial charge in [0.1, 0.15) is 10.8 Å². The molecule has 0 rings (SSSR count). The fourth-order valence-electron chi connectivity index (χ4n) is 3.45. The van der Waals surface area contributed by atoms with Crippen LogP contribution >= 0.6 is 95.3 Å². The molecule has 2 N–H and O–H groups in total. The molecule has 0 aromatic heterocycles. The van der Waals surface area contributed by atoms with Crippen molar-refractivity contribution in [1.29, 1.82) is 0 Å². The van der Waals surface area contributed by atoms with Gasteiger partial charge in [0.25, 0.3) is 5.91 Å². The van der Waals surface area contributed by atoms with Crippen LogP contribution in [0.2, 0.25) is 0 Å². The number of allylic oxidation sites excluding steroid dienone is 1. The minimum absolute atomic E-state index is 0.000556. The van der Waals surface area contributed by atoms with Crippen molar-refractivity contribution in [3.63, 3.8) is 0 Å². The highest BCUT2D eigenvalue weighted by molar-refractivity contribution is 8.68. The Labute approximate surface area is 408 Å². The van der Waals surface area contributed by atoms with E-state index in [1.165, 1.54) is 63.4 Å². The lowest BCUT2D eigenvalue weighted by atomic mass is 10.4. The van der Waals surface area contributed by atoms with Gasteiger partial charge in [-0.3, -0.25) is 23.4 Å². The molecule has 0 aliphatic heterocycles. The topological polar surface area (TPSA) is 196 Å². The number of carbonyl (C=O) groups is 3. The molecule has 0 spiro atoms. The van der Waals surface area contributed by atoms with Crippen molar-refractivity contribution in [2.24, 2.45) is 0 Å². The standard InChI is InChI=1S/C10H19ClNO5P.C9H20NO3PS2.C8H18NO4PS2.C6H15O2PS3/c1-6-12(7-2)10(13)9(11)8(3)17-18(14,15-4)16-5;1-5-12-14(15,13-6-2)16-7-9(11)10-8(3)4;1-7(8(10)9-2)15-5-6-16-14(11,12-3)13-4;1-4-11-5-6-12-9(10,7-2)8-3/h6-7H2,1-5H3;8H,5-7H2,1-4H3,(H,10,11);7H,5-6H2,1-4H3,(H,9,10);4-6H2,1-3H3/b9-8-;;;. The van der Waals surface area contributed by atoms with Crippen molar-refractivity contribution in [2.45, 2.75) is 73.6 Å². The van der Waals surface area contributed by atoms with Gasteiger partial charge in [-0.1, -0.05) is 41.3 Å². The average molecular weight is 1120 g/mol. The number of hydrogen-bond donors (Lipinski definition) is 2. The number of thioether (sulfide) groups is 2. The van der Waals surface area contributed by atoms with E-state index in [1.807, 2.05) is 60.2 Å². The SMILES string of the molecule is CCN(CC)C(=O)/C(Cl)=C(\C)OP(=O)(OC)OC.CCOP(=S)(OCC)SCC(=O)NC(C)C.CCSCCSP(=S)(OC)OC.CNC(=O)C(C)SCCSP(=O)(OC)OC. The largest absolute Gasteiger partial charge is 0.529 e. The number of nitrogens with zero attached hydrogens (tertiary/aromatic N) is 1. The minimum Gasteiger partial charge on any atom is -0.407 e. The van der Waals surface area contributed by atoms with Crippen molar-refractivity contribution in [1.82, 2.24) is 15.5 Å². The first-order valence-corrected chi connectivity index (χ1v) is 34.6. The van der Waals surface area contributed by atoms with E-state index < -0.39 is 31.9 Å². The summed E-state index contributed by atoms with van der Waals surface area (Å²) >= 11 is 23.8. The van der Waals surface area contributed by atoms with Gasteiger partial charge in [0.2, 0.25) is 23.2 Å². The van der Waals surface area contributed by atoms with Crippen molar-refractivity contribution < 1.29 is 64.2 Å². The van der Waals surface area contributed by atoms with E-state index in [0.29, 0.717) is 32.1 Å². The third-order valence-electron chi connectivity index (χ3n) is 6.51. The van der Waals surface area contributed by atoms with Crippen molar-refractivity contribution in [2.75, 3.05) is 111 Å². The summed E-state index contributed by atoms with van der Waals surface area (Å²) in [5.41, 5.74) is -4.31. The van der Waals surface area contributed by atoms with Gasteiger partial charge in [0.05, 0.1) is 24.2 Å². The first-order valence-electron chi connectivity index (χ1n) is 19.0. The molecule has 3 amide bonds. The maximum absolute atomic E-state index is 11.9. The first kappa shape index (κ1) is 70.0. The zero-order valence-electron chi connectivity index (χ0n) is 38.9. The maximum atomic E-state index is 11.9. The molecule has 29 heteroatoms. The van der Waals surface area contributed by atoms with E-state index in [9.17, 15) is 23.5 Å². The smallest absolute Gasteiger partial charge is 0.407 e. The average Bonchev–Trinajstić information content (AvgIpc) is 3.26. The normalized spacial score (nSPS) is 12.6. The van der Waals surface area contributed by atoms with Crippen molar-refractivity contribution >= 4 is 137 Å². The summed E-state index contributed by atoms with van der Waals surface area (Å²) in [6.07, 6.45) is 0. The summed E-state index contributed by atoms with van der Waals surface area (Å²) in [5, 5.41) is 5.13. The van der Waals surface area contributed by atoms with E-state index in [1.54, 1.807) is 32.6 Å². The van der Waals surface area contributed by atoms with Crippen LogP contribution in [0.15, 0.2) is 10.8 Å². The lowest BCUT2D eigenvalue weighted by Crippen LogP contribution is -2.31. The van der Waals surface area contributed by atoms with Gasteiger partial charge in [-0.2, -0.15) is 11.8 Å². The van der Waals surface area contributed by atoms with Gasteiger partial charge >= 0.3 is 14.6 Å². The Balaban J connectivity index is -0.000000365. The van der Waals surface area contributed by atoms with Crippen LogP contribution in [0.3, 0.4) is 0 Å². The highest BCUT2D eigenvalue weighted by Gasteiger charge is 2.28. The summed E-state index contributed by atoms with van der Waals surface area (Å²) in [7, 11) is 6.22. The van der Waals surface area contributed by atoms with Crippen LogP contribution in [0, 0.1) is 0 Å². The number of rotatable bonds is 30. The molecule has 0 aliphatic rings. The van der Waals surface area contributed by atoms with Gasteiger partial charge in [0, 0.05) is 91.8 Å². The van der Waals surface area contributed by atoms with Crippen LogP contribution in [-0.2, 0) is 87.8 Å². The molecule has 62 heavy (non-hydrogen) atoms. The number of phosphoric ester groups is 1. The van der Waals surface area contributed by atoms with E-state index in [4.69, 9.17) is 66.9 Å². The van der Waals surface area contributed by atoms with Crippen LogP contribution in [0.25, 0.3) is 0 Å². The number of carbonyl (C=O) groups excluding carboxylic acids is 3. The van der Waals surface area contributed by atoms with Gasteiger partial charge in [-0.05, 0) is 96.1 Å². The number of hydrogen-bond acceptors (Lipinski definition) is 21. The van der Waals surface area contributed by atoms with Gasteiger partial charge < -0.3 is 47.2 Å². The predicted molar refractivity (Wildman–Crippen MR) is 276 cm³/mol. The van der Waals surface area contributed by atoms with Crippen molar-refractivity contribution in [3.8, 4) is 0 Å². The molecule has 0 aliphatic carbocycles. The number of phosphoric acid groups is 1. The fraction of sp³-hybridized carbons (Fsp3) is 0.848. The Morgan fingerprint density at radius 2 is 1.23 bits per heavy atom. The Morgan fingerprint density at radius 3 is 1.61 bits per heavy atom. The second-order valence-corrected chi connectivity index (χ2v) is 33.5. The van der Waals surface area contributed by atoms with Gasteiger partial charge in [0.15, 0.2) is 0 Å². The van der Waals surface area contributed by atoms with Crippen LogP contribution in [0.5, 0.6) is 0 Å². The second-order valence-electron chi connectivity index (χ2n) is 11.1. The third-order valence-corrected chi connectivity index (χ3v) is 26.1. The Kier molecular flexibility index (Phi) is 46.7. The molecule has 0 saturated carbocycles. The highest BCUT2D eigenvalue weighted by atomic mass is 35.5. The van der Waals surface area contributed by atoms with Crippen LogP contribution in [0.1, 0.15) is 62.3 Å². The Bertz CT molecular complexity index is 1430. The molecule has 0 saturated heterocycles. The summed E-state index contributed by atoms with van der Waals surface area (Å²) in [6, 6.07) is 0.144. The second kappa shape index (κ2) is 41.4. The quantitative estimate of drug-likeness (QED) is 0.0298. The summed E-state index contributed by atoms with van der Waals surface area (Å²) < 4.78 is 68.1. The van der Waals surface area contributed by atoms with Crippen LogP contribution in [0.4, 0.5) is 0 Å². The van der Waals surface area contributed by atoms with E-state index in [-0.39, 0.29) is 39.7 Å². The van der Waals surface area contributed by atoms with E-state index >= 15 is 0 Å². The monoisotopic (exact) mass is 1120 g/mol. The molecule has 1 unspecified atom stereocenters. The summed E-state index contributed by atoms with van der Waals surface area (Å²) in [5.74, 6) is 4.48. The molecular formula is C33H72ClN3O14P4S7. The Morgan fingerprint density at radius 1 is 0.726 bits per heavy atom. The molecule has 0 fully saturated rings.